The molecule has 1 N–H and O–H groups in total. The van der Waals surface area contributed by atoms with Crippen LogP contribution in [-0.2, 0) is 6.54 Å². The Morgan fingerprint density at radius 3 is 2.61 bits per heavy atom. The van der Waals surface area contributed by atoms with Gasteiger partial charge >= 0.3 is 0 Å². The van der Waals surface area contributed by atoms with Crippen molar-refractivity contribution in [1.82, 2.24) is 20.2 Å². The summed E-state index contributed by atoms with van der Waals surface area (Å²) >= 11 is 0. The molecule has 0 aromatic carbocycles. The fourth-order valence-electron chi connectivity index (χ4n) is 2.89. The largest absolute Gasteiger partial charge is 0.468 e. The first-order chi connectivity index (χ1) is 11.2. The zero-order chi connectivity index (χ0) is 16.1. The molecule has 2 aromatic heterocycles. The van der Waals surface area contributed by atoms with Crippen molar-refractivity contribution in [3.05, 3.63) is 42.1 Å². The molecule has 3 rings (SSSR count). The first kappa shape index (κ1) is 16.0. The predicted molar refractivity (Wildman–Crippen MR) is 90.3 cm³/mol. The molecule has 0 radical (unpaired) electrons. The van der Waals surface area contributed by atoms with E-state index in [4.69, 9.17) is 4.42 Å². The van der Waals surface area contributed by atoms with Crippen molar-refractivity contribution in [3.8, 4) is 0 Å². The van der Waals surface area contributed by atoms with Crippen LogP contribution < -0.4 is 10.2 Å². The molecule has 1 aliphatic rings. The third-order valence-corrected chi connectivity index (χ3v) is 4.24. The number of aromatic nitrogens is 2. The van der Waals surface area contributed by atoms with Gasteiger partial charge in [-0.2, -0.15) is 0 Å². The van der Waals surface area contributed by atoms with Gasteiger partial charge in [-0.15, -0.1) is 0 Å². The van der Waals surface area contributed by atoms with Crippen LogP contribution in [0.3, 0.4) is 0 Å². The van der Waals surface area contributed by atoms with Crippen molar-refractivity contribution in [1.29, 1.82) is 0 Å². The van der Waals surface area contributed by atoms with Gasteiger partial charge in [0, 0.05) is 44.1 Å². The number of anilines is 1. The first-order valence-corrected chi connectivity index (χ1v) is 8.20. The van der Waals surface area contributed by atoms with Crippen LogP contribution in [0.4, 0.5) is 5.95 Å². The Bertz CT molecular complexity index is 576. The number of hydrogen-bond acceptors (Lipinski definition) is 6. The Morgan fingerprint density at radius 1 is 1.26 bits per heavy atom. The minimum absolute atomic E-state index is 0.217. The molecule has 3 heterocycles. The number of likely N-dealkylation sites (N-methyl/N-ethyl adjacent to an activating group) is 1. The second-order valence-corrected chi connectivity index (χ2v) is 6.21. The maximum absolute atomic E-state index is 5.52. The van der Waals surface area contributed by atoms with Crippen LogP contribution in [-0.4, -0.2) is 48.6 Å². The van der Waals surface area contributed by atoms with Gasteiger partial charge in [-0.3, -0.25) is 4.90 Å². The third kappa shape index (κ3) is 4.09. The van der Waals surface area contributed by atoms with Crippen LogP contribution >= 0.6 is 0 Å². The van der Waals surface area contributed by atoms with Crippen molar-refractivity contribution in [2.24, 2.45) is 0 Å². The summed E-state index contributed by atoms with van der Waals surface area (Å²) in [4.78, 5) is 13.4. The molecular weight excluding hydrogens is 290 g/mol. The average Bonchev–Trinajstić information content (AvgIpc) is 3.25. The fourth-order valence-corrected chi connectivity index (χ4v) is 2.89. The topological polar surface area (TPSA) is 57.4 Å². The number of rotatable bonds is 7. The lowest BCUT2D eigenvalue weighted by Gasteiger charge is -2.22. The van der Waals surface area contributed by atoms with Crippen LogP contribution in [0.1, 0.15) is 30.2 Å². The van der Waals surface area contributed by atoms with Gasteiger partial charge in [-0.05, 0) is 39.1 Å². The molecule has 1 saturated heterocycles. The summed E-state index contributed by atoms with van der Waals surface area (Å²) in [6.07, 6.45) is 8.05. The summed E-state index contributed by atoms with van der Waals surface area (Å²) in [6.45, 7) is 3.72. The molecule has 0 saturated carbocycles. The van der Waals surface area contributed by atoms with Gasteiger partial charge < -0.3 is 14.6 Å². The van der Waals surface area contributed by atoms with E-state index in [1.807, 2.05) is 24.5 Å². The number of nitrogens with one attached hydrogen (secondary N) is 1. The lowest BCUT2D eigenvalue weighted by molar-refractivity contribution is 0.250. The van der Waals surface area contributed by atoms with Gasteiger partial charge in [0.1, 0.15) is 5.76 Å². The van der Waals surface area contributed by atoms with E-state index in [0.717, 1.165) is 43.5 Å². The molecule has 0 aliphatic carbocycles. The molecule has 0 amide bonds. The first-order valence-electron chi connectivity index (χ1n) is 8.20. The second kappa shape index (κ2) is 7.57. The minimum Gasteiger partial charge on any atom is -0.468 e. The third-order valence-electron chi connectivity index (χ3n) is 4.24. The van der Waals surface area contributed by atoms with Gasteiger partial charge in [0.15, 0.2) is 0 Å². The van der Waals surface area contributed by atoms with Crippen LogP contribution in [0.2, 0.25) is 0 Å². The molecule has 2 aromatic rings. The summed E-state index contributed by atoms with van der Waals surface area (Å²) in [5, 5.41) is 3.47. The lowest BCUT2D eigenvalue weighted by atomic mass is 10.2. The smallest absolute Gasteiger partial charge is 0.225 e. The highest BCUT2D eigenvalue weighted by atomic mass is 16.3. The SMILES string of the molecule is CN(C)[C@@H](CNCc1cnc(N2CCCC2)nc1)c1ccco1. The summed E-state index contributed by atoms with van der Waals surface area (Å²) in [7, 11) is 4.12. The standard InChI is InChI=1S/C17H25N5O/c1-21(2)15(16-6-5-9-23-16)13-18-10-14-11-19-17(20-12-14)22-7-3-4-8-22/h5-6,9,11-12,15,18H,3-4,7-8,10,13H2,1-2H3/t15-/m0/s1. The monoisotopic (exact) mass is 315 g/mol. The van der Waals surface area contributed by atoms with Gasteiger partial charge in [0.25, 0.3) is 0 Å². The van der Waals surface area contributed by atoms with Crippen molar-refractivity contribution < 1.29 is 4.42 Å². The van der Waals surface area contributed by atoms with E-state index < -0.39 is 0 Å². The summed E-state index contributed by atoms with van der Waals surface area (Å²) in [5.74, 6) is 1.83. The molecule has 1 fully saturated rings. The van der Waals surface area contributed by atoms with E-state index >= 15 is 0 Å². The minimum atomic E-state index is 0.217. The Labute approximate surface area is 137 Å². The normalized spacial score (nSPS) is 16.2. The molecule has 124 valence electrons. The quantitative estimate of drug-likeness (QED) is 0.844. The van der Waals surface area contributed by atoms with Crippen molar-refractivity contribution >= 4 is 5.95 Å². The van der Waals surface area contributed by atoms with Crippen LogP contribution in [0.25, 0.3) is 0 Å². The predicted octanol–water partition coefficient (Wildman–Crippen LogP) is 2.06. The van der Waals surface area contributed by atoms with Gasteiger partial charge in [0.05, 0.1) is 12.3 Å². The van der Waals surface area contributed by atoms with E-state index in [9.17, 15) is 0 Å². The van der Waals surface area contributed by atoms with Crippen LogP contribution in [0.5, 0.6) is 0 Å². The van der Waals surface area contributed by atoms with Gasteiger partial charge in [0.2, 0.25) is 5.95 Å². The summed E-state index contributed by atoms with van der Waals surface area (Å²) in [5.41, 5.74) is 1.10. The average molecular weight is 315 g/mol. The molecule has 1 aliphatic heterocycles. The highest BCUT2D eigenvalue weighted by Gasteiger charge is 2.17. The van der Waals surface area contributed by atoms with E-state index in [1.165, 1.54) is 12.8 Å². The summed E-state index contributed by atoms with van der Waals surface area (Å²) in [6, 6.07) is 4.16. The van der Waals surface area contributed by atoms with Crippen molar-refractivity contribution in [2.45, 2.75) is 25.4 Å². The highest BCUT2D eigenvalue weighted by Crippen LogP contribution is 2.18. The molecular formula is C17H25N5O. The van der Waals surface area contributed by atoms with Crippen molar-refractivity contribution in [2.75, 3.05) is 38.6 Å². The zero-order valence-electron chi connectivity index (χ0n) is 13.9. The maximum Gasteiger partial charge on any atom is 0.225 e. The maximum atomic E-state index is 5.52. The Morgan fingerprint density at radius 2 is 2.00 bits per heavy atom. The van der Waals surface area contributed by atoms with Gasteiger partial charge in [-0.1, -0.05) is 0 Å². The number of hydrogen-bond donors (Lipinski definition) is 1. The molecule has 23 heavy (non-hydrogen) atoms. The highest BCUT2D eigenvalue weighted by molar-refractivity contribution is 5.30. The Kier molecular flexibility index (Phi) is 5.25. The lowest BCUT2D eigenvalue weighted by Crippen LogP contribution is -2.30. The van der Waals surface area contributed by atoms with Crippen molar-refractivity contribution in [3.63, 3.8) is 0 Å². The van der Waals surface area contributed by atoms with Gasteiger partial charge in [-0.25, -0.2) is 9.97 Å². The Hall–Kier alpha value is -1.92. The fraction of sp³-hybridized carbons (Fsp3) is 0.529. The van der Waals surface area contributed by atoms with E-state index in [-0.39, 0.29) is 6.04 Å². The Balaban J connectivity index is 1.51. The molecule has 6 nitrogen and oxygen atoms in total. The molecule has 0 spiro atoms. The second-order valence-electron chi connectivity index (χ2n) is 6.21. The van der Waals surface area contributed by atoms with E-state index in [0.29, 0.717) is 0 Å². The molecule has 0 bridgehead atoms. The van der Waals surface area contributed by atoms with Crippen LogP contribution in [0, 0.1) is 0 Å². The summed E-state index contributed by atoms with van der Waals surface area (Å²) < 4.78 is 5.52. The number of nitrogens with zero attached hydrogens (tertiary/aromatic N) is 4. The number of furan rings is 1. The molecule has 6 heteroatoms. The van der Waals surface area contributed by atoms with E-state index in [2.05, 4.69) is 39.2 Å². The molecule has 1 atom stereocenters. The van der Waals surface area contributed by atoms with E-state index in [1.54, 1.807) is 6.26 Å². The zero-order valence-corrected chi connectivity index (χ0v) is 13.9. The van der Waals surface area contributed by atoms with Crippen LogP contribution in [0.15, 0.2) is 35.2 Å². The molecule has 0 unspecified atom stereocenters.